The van der Waals surface area contributed by atoms with E-state index in [0.29, 0.717) is 5.69 Å². The Kier molecular flexibility index (Phi) is 3.46. The van der Waals surface area contributed by atoms with Gasteiger partial charge in [-0.2, -0.15) is 5.10 Å². The van der Waals surface area contributed by atoms with Crippen molar-refractivity contribution in [2.45, 2.75) is 27.2 Å². The van der Waals surface area contributed by atoms with Crippen LogP contribution < -0.4 is 5.32 Å². The first kappa shape index (κ1) is 12.4. The van der Waals surface area contributed by atoms with Gasteiger partial charge >= 0.3 is 0 Å². The van der Waals surface area contributed by atoms with Crippen molar-refractivity contribution >= 4 is 11.6 Å². The summed E-state index contributed by atoms with van der Waals surface area (Å²) in [5, 5.41) is 9.66. The number of hydrogen-bond donors (Lipinski definition) is 2. The number of H-pyrrole nitrogens is 1. The molecule has 1 amide bonds. The van der Waals surface area contributed by atoms with Gasteiger partial charge in [-0.15, -0.1) is 0 Å². The number of nitrogens with zero attached hydrogens (tertiary/aromatic N) is 1. The molecule has 0 unspecified atom stereocenters. The fourth-order valence-electron chi connectivity index (χ4n) is 1.67. The van der Waals surface area contributed by atoms with Crippen molar-refractivity contribution in [3.05, 3.63) is 46.8 Å². The third-order valence-corrected chi connectivity index (χ3v) is 3.01. The molecule has 94 valence electrons. The van der Waals surface area contributed by atoms with Crippen LogP contribution in [0.3, 0.4) is 0 Å². The first-order valence-electron chi connectivity index (χ1n) is 6.03. The fraction of sp³-hybridized carbons (Fsp3) is 0.286. The average Bonchev–Trinajstić information content (AvgIpc) is 2.82. The molecular weight excluding hydrogens is 226 g/mol. The van der Waals surface area contributed by atoms with Crippen LogP contribution in [0.5, 0.6) is 0 Å². The van der Waals surface area contributed by atoms with E-state index in [0.717, 1.165) is 23.4 Å². The Bertz CT molecular complexity index is 572. The average molecular weight is 243 g/mol. The SMILES string of the molecule is CCc1cc(C(=O)Nc2ccc(C)c(C)c2)n[nH]1. The molecule has 0 bridgehead atoms. The number of amides is 1. The van der Waals surface area contributed by atoms with Crippen molar-refractivity contribution in [1.82, 2.24) is 10.2 Å². The van der Waals surface area contributed by atoms with Gasteiger partial charge in [0.25, 0.3) is 5.91 Å². The second-order valence-electron chi connectivity index (χ2n) is 4.39. The Morgan fingerprint density at radius 1 is 1.28 bits per heavy atom. The fourth-order valence-corrected chi connectivity index (χ4v) is 1.67. The van der Waals surface area contributed by atoms with E-state index < -0.39 is 0 Å². The lowest BCUT2D eigenvalue weighted by molar-refractivity contribution is 0.102. The molecule has 1 heterocycles. The number of carbonyl (C=O) groups excluding carboxylic acids is 1. The lowest BCUT2D eigenvalue weighted by Gasteiger charge is -2.06. The number of rotatable bonds is 3. The summed E-state index contributed by atoms with van der Waals surface area (Å²) in [6, 6.07) is 7.62. The van der Waals surface area contributed by atoms with Crippen LogP contribution in [-0.4, -0.2) is 16.1 Å². The van der Waals surface area contributed by atoms with Gasteiger partial charge in [0.2, 0.25) is 0 Å². The molecule has 18 heavy (non-hydrogen) atoms. The first-order valence-corrected chi connectivity index (χ1v) is 6.03. The van der Waals surface area contributed by atoms with Crippen molar-refractivity contribution < 1.29 is 4.79 Å². The van der Waals surface area contributed by atoms with Crippen molar-refractivity contribution in [2.75, 3.05) is 5.32 Å². The Morgan fingerprint density at radius 3 is 2.67 bits per heavy atom. The molecule has 4 nitrogen and oxygen atoms in total. The molecule has 0 fully saturated rings. The van der Waals surface area contributed by atoms with Crippen LogP contribution in [0, 0.1) is 13.8 Å². The van der Waals surface area contributed by atoms with E-state index in [9.17, 15) is 4.79 Å². The predicted octanol–water partition coefficient (Wildman–Crippen LogP) is 2.84. The highest BCUT2D eigenvalue weighted by Crippen LogP contribution is 2.15. The van der Waals surface area contributed by atoms with E-state index in [1.807, 2.05) is 39.0 Å². The second-order valence-corrected chi connectivity index (χ2v) is 4.39. The van der Waals surface area contributed by atoms with E-state index in [1.165, 1.54) is 5.56 Å². The number of nitrogens with one attached hydrogen (secondary N) is 2. The number of anilines is 1. The standard InChI is InChI=1S/C14H17N3O/c1-4-11-8-13(17-16-11)14(18)15-12-6-5-9(2)10(3)7-12/h5-8H,4H2,1-3H3,(H,15,18)(H,16,17). The molecule has 0 spiro atoms. The number of hydrogen-bond acceptors (Lipinski definition) is 2. The normalized spacial score (nSPS) is 10.4. The Balaban J connectivity index is 2.13. The third-order valence-electron chi connectivity index (χ3n) is 3.01. The van der Waals surface area contributed by atoms with Crippen molar-refractivity contribution in [2.24, 2.45) is 0 Å². The molecule has 1 aromatic carbocycles. The van der Waals surface area contributed by atoms with Gasteiger partial charge in [-0.1, -0.05) is 13.0 Å². The van der Waals surface area contributed by atoms with Gasteiger partial charge in [-0.25, -0.2) is 0 Å². The Hall–Kier alpha value is -2.10. The molecule has 4 heteroatoms. The van der Waals surface area contributed by atoms with Crippen LogP contribution in [0.2, 0.25) is 0 Å². The molecule has 0 aliphatic heterocycles. The van der Waals surface area contributed by atoms with Crippen LogP contribution in [0.1, 0.15) is 34.2 Å². The van der Waals surface area contributed by atoms with Crippen LogP contribution >= 0.6 is 0 Å². The van der Waals surface area contributed by atoms with Crippen molar-refractivity contribution in [3.8, 4) is 0 Å². The summed E-state index contributed by atoms with van der Waals surface area (Å²) in [5.74, 6) is -0.186. The molecule has 0 atom stereocenters. The Labute approximate surface area is 106 Å². The summed E-state index contributed by atoms with van der Waals surface area (Å²) < 4.78 is 0. The van der Waals surface area contributed by atoms with E-state index in [2.05, 4.69) is 15.5 Å². The molecule has 0 saturated carbocycles. The van der Waals surface area contributed by atoms with Gasteiger partial charge in [-0.3, -0.25) is 9.89 Å². The maximum absolute atomic E-state index is 11.9. The highest BCUT2D eigenvalue weighted by Gasteiger charge is 2.10. The van der Waals surface area contributed by atoms with Gasteiger partial charge < -0.3 is 5.32 Å². The quantitative estimate of drug-likeness (QED) is 0.870. The van der Waals surface area contributed by atoms with Gasteiger partial charge in [0.15, 0.2) is 5.69 Å². The minimum absolute atomic E-state index is 0.186. The predicted molar refractivity (Wildman–Crippen MR) is 71.8 cm³/mol. The second kappa shape index (κ2) is 5.04. The smallest absolute Gasteiger partial charge is 0.276 e. The van der Waals surface area contributed by atoms with Crippen molar-refractivity contribution in [3.63, 3.8) is 0 Å². The van der Waals surface area contributed by atoms with Gasteiger partial charge in [0.1, 0.15) is 0 Å². The number of aromatic nitrogens is 2. The molecule has 2 aromatic rings. The summed E-state index contributed by atoms with van der Waals surface area (Å²) in [5.41, 5.74) is 4.54. The lowest BCUT2D eigenvalue weighted by atomic mass is 10.1. The van der Waals surface area contributed by atoms with E-state index in [4.69, 9.17) is 0 Å². The molecule has 0 radical (unpaired) electrons. The molecule has 0 saturated heterocycles. The van der Waals surface area contributed by atoms with Crippen LogP contribution in [-0.2, 0) is 6.42 Å². The lowest BCUT2D eigenvalue weighted by Crippen LogP contribution is -2.12. The molecular formula is C14H17N3O. The minimum Gasteiger partial charge on any atom is -0.321 e. The van der Waals surface area contributed by atoms with Crippen LogP contribution in [0.4, 0.5) is 5.69 Å². The highest BCUT2D eigenvalue weighted by molar-refractivity contribution is 6.02. The molecule has 1 aromatic heterocycles. The number of carbonyl (C=O) groups is 1. The highest BCUT2D eigenvalue weighted by atomic mass is 16.1. The maximum atomic E-state index is 11.9. The molecule has 0 aliphatic rings. The van der Waals surface area contributed by atoms with Gasteiger partial charge in [0, 0.05) is 11.4 Å². The topological polar surface area (TPSA) is 57.8 Å². The number of benzene rings is 1. The number of aryl methyl sites for hydroxylation is 3. The summed E-state index contributed by atoms with van der Waals surface area (Å²) >= 11 is 0. The van der Waals surface area contributed by atoms with Crippen LogP contribution in [0.15, 0.2) is 24.3 Å². The van der Waals surface area contributed by atoms with Crippen LogP contribution in [0.25, 0.3) is 0 Å². The van der Waals surface area contributed by atoms with Crippen molar-refractivity contribution in [1.29, 1.82) is 0 Å². The van der Waals surface area contributed by atoms with E-state index in [-0.39, 0.29) is 5.91 Å². The largest absolute Gasteiger partial charge is 0.321 e. The van der Waals surface area contributed by atoms with Gasteiger partial charge in [-0.05, 0) is 49.6 Å². The maximum Gasteiger partial charge on any atom is 0.276 e. The first-order chi connectivity index (χ1) is 8.60. The Morgan fingerprint density at radius 2 is 2.06 bits per heavy atom. The number of aromatic amines is 1. The molecule has 0 aliphatic carbocycles. The zero-order valence-electron chi connectivity index (χ0n) is 10.9. The third kappa shape index (κ3) is 2.59. The minimum atomic E-state index is -0.186. The summed E-state index contributed by atoms with van der Waals surface area (Å²) in [7, 11) is 0. The van der Waals surface area contributed by atoms with E-state index in [1.54, 1.807) is 6.07 Å². The summed E-state index contributed by atoms with van der Waals surface area (Å²) in [6.45, 7) is 6.08. The molecule has 2 N–H and O–H groups in total. The summed E-state index contributed by atoms with van der Waals surface area (Å²) in [4.78, 5) is 11.9. The molecule has 2 rings (SSSR count). The summed E-state index contributed by atoms with van der Waals surface area (Å²) in [6.07, 6.45) is 0.837. The zero-order chi connectivity index (χ0) is 13.1. The zero-order valence-corrected chi connectivity index (χ0v) is 10.9. The van der Waals surface area contributed by atoms with Gasteiger partial charge in [0.05, 0.1) is 0 Å². The van der Waals surface area contributed by atoms with E-state index >= 15 is 0 Å². The monoisotopic (exact) mass is 243 g/mol.